The number of ketones is 2. The third-order valence-electron chi connectivity index (χ3n) is 6.39. The number of aliphatic hydroxyl groups is 4. The maximum absolute atomic E-state index is 13.3. The molecule has 7 N–H and O–H groups in total. The van der Waals surface area contributed by atoms with Gasteiger partial charge in [0.2, 0.25) is 5.78 Å². The first kappa shape index (κ1) is 20.8. The number of nitrogens with two attached hydrogens (primary N) is 1. The van der Waals surface area contributed by atoms with Gasteiger partial charge in [0.15, 0.2) is 11.4 Å². The second-order valence-corrected chi connectivity index (χ2v) is 8.02. The van der Waals surface area contributed by atoms with Gasteiger partial charge in [0.05, 0.1) is 12.2 Å². The minimum atomic E-state index is -2.57. The summed E-state index contributed by atoms with van der Waals surface area (Å²) in [5.41, 5.74) is 2.78. The quantitative estimate of drug-likeness (QED) is 0.376. The molecule has 0 unspecified atom stereocenters. The number of benzene rings is 1. The van der Waals surface area contributed by atoms with E-state index in [-0.39, 0.29) is 42.8 Å². The number of hydrogen-bond acceptors (Lipinski definition) is 8. The topological polar surface area (TPSA) is 178 Å². The average molecular weight is 427 g/mol. The molecule has 0 spiro atoms. The lowest BCUT2D eigenvalue weighted by molar-refractivity contribution is -0.147. The molecular weight excluding hydrogens is 406 g/mol. The SMILES string of the molecule is NC(=O)C1=C(O)[C@@]2(O)C(=O)C3=C(O)c4c(O)ccc(C=CCO)c4C[C@H]3C[C@H]2CC1=O. The van der Waals surface area contributed by atoms with E-state index in [1.165, 1.54) is 12.1 Å². The number of phenols is 1. The van der Waals surface area contributed by atoms with Crippen molar-refractivity contribution in [3.63, 3.8) is 0 Å². The van der Waals surface area contributed by atoms with Crippen LogP contribution in [0.15, 0.2) is 35.1 Å². The highest BCUT2D eigenvalue weighted by molar-refractivity contribution is 6.22. The molecule has 3 aliphatic rings. The molecule has 0 bridgehead atoms. The fourth-order valence-corrected chi connectivity index (χ4v) is 4.98. The van der Waals surface area contributed by atoms with E-state index in [1.54, 1.807) is 12.1 Å². The molecule has 1 saturated carbocycles. The van der Waals surface area contributed by atoms with Crippen LogP contribution in [0, 0.1) is 11.8 Å². The predicted octanol–water partition coefficient (Wildman–Crippen LogP) is 0.429. The average Bonchev–Trinajstić information content (AvgIpc) is 2.70. The molecule has 1 amide bonds. The lowest BCUT2D eigenvalue weighted by Gasteiger charge is -2.46. The molecule has 162 valence electrons. The van der Waals surface area contributed by atoms with Crippen molar-refractivity contribution in [2.24, 2.45) is 17.6 Å². The summed E-state index contributed by atoms with van der Waals surface area (Å²) in [4.78, 5) is 37.3. The lowest BCUT2D eigenvalue weighted by Crippen LogP contribution is -2.58. The second kappa shape index (κ2) is 7.07. The molecule has 3 aliphatic carbocycles. The van der Waals surface area contributed by atoms with Crippen LogP contribution in [0.25, 0.3) is 11.8 Å². The van der Waals surface area contributed by atoms with E-state index in [0.29, 0.717) is 11.1 Å². The molecule has 0 saturated heterocycles. The highest BCUT2D eigenvalue weighted by Gasteiger charge is 2.60. The molecule has 3 atom stereocenters. The summed E-state index contributed by atoms with van der Waals surface area (Å²) in [6.45, 7) is -0.213. The fraction of sp³-hybridized carbons (Fsp3) is 0.318. The van der Waals surface area contributed by atoms with Gasteiger partial charge in [-0.3, -0.25) is 14.4 Å². The van der Waals surface area contributed by atoms with E-state index in [9.17, 15) is 34.8 Å². The van der Waals surface area contributed by atoms with Gasteiger partial charge in [-0.25, -0.2) is 0 Å². The minimum Gasteiger partial charge on any atom is -0.508 e. The molecule has 0 heterocycles. The van der Waals surface area contributed by atoms with Crippen LogP contribution in [0.5, 0.6) is 5.75 Å². The van der Waals surface area contributed by atoms with Crippen molar-refractivity contribution >= 4 is 29.3 Å². The van der Waals surface area contributed by atoms with E-state index in [4.69, 9.17) is 10.8 Å². The van der Waals surface area contributed by atoms with E-state index in [1.807, 2.05) is 0 Å². The molecule has 1 aromatic carbocycles. The summed E-state index contributed by atoms with van der Waals surface area (Å²) < 4.78 is 0. The maximum Gasteiger partial charge on any atom is 0.255 e. The Morgan fingerprint density at radius 3 is 2.55 bits per heavy atom. The molecule has 0 radical (unpaired) electrons. The van der Waals surface area contributed by atoms with Crippen LogP contribution in [0.3, 0.4) is 0 Å². The number of rotatable bonds is 3. The molecule has 1 fully saturated rings. The normalized spacial score (nSPS) is 27.9. The van der Waals surface area contributed by atoms with Crippen LogP contribution >= 0.6 is 0 Å². The third kappa shape index (κ3) is 2.81. The summed E-state index contributed by atoms with van der Waals surface area (Å²) in [5.74, 6) is -6.56. The Bertz CT molecular complexity index is 1130. The van der Waals surface area contributed by atoms with E-state index in [2.05, 4.69) is 0 Å². The number of aliphatic hydroxyl groups excluding tert-OH is 3. The number of Topliss-reactive ketones (excluding diaryl/α,β-unsaturated/α-hetero) is 2. The molecule has 0 aliphatic heterocycles. The minimum absolute atomic E-state index is 0.0206. The fourth-order valence-electron chi connectivity index (χ4n) is 4.98. The summed E-state index contributed by atoms with van der Waals surface area (Å²) >= 11 is 0. The lowest BCUT2D eigenvalue weighted by atomic mass is 9.59. The van der Waals surface area contributed by atoms with Gasteiger partial charge in [0, 0.05) is 17.9 Å². The van der Waals surface area contributed by atoms with Crippen LogP contribution < -0.4 is 5.73 Å². The zero-order chi connectivity index (χ0) is 22.7. The number of hydrogen-bond donors (Lipinski definition) is 6. The van der Waals surface area contributed by atoms with Crippen LogP contribution in [0.4, 0.5) is 0 Å². The number of carbonyl (C=O) groups is 3. The second-order valence-electron chi connectivity index (χ2n) is 8.02. The Labute approximate surface area is 176 Å². The van der Waals surface area contributed by atoms with E-state index >= 15 is 0 Å². The molecule has 4 rings (SSSR count). The Hall–Kier alpha value is -3.43. The number of amides is 1. The number of aromatic hydroxyl groups is 1. The van der Waals surface area contributed by atoms with Crippen LogP contribution in [0.1, 0.15) is 29.5 Å². The summed E-state index contributed by atoms with van der Waals surface area (Å²) in [5, 5.41) is 52.0. The predicted molar refractivity (Wildman–Crippen MR) is 108 cm³/mol. The highest BCUT2D eigenvalue weighted by Crippen LogP contribution is 2.52. The molecule has 9 heteroatoms. The van der Waals surface area contributed by atoms with Crippen molar-refractivity contribution in [3.05, 3.63) is 51.8 Å². The number of carbonyl (C=O) groups excluding carboxylic acids is 3. The zero-order valence-electron chi connectivity index (χ0n) is 16.3. The third-order valence-corrected chi connectivity index (χ3v) is 6.39. The van der Waals surface area contributed by atoms with Gasteiger partial charge in [-0.1, -0.05) is 18.2 Å². The van der Waals surface area contributed by atoms with Gasteiger partial charge in [-0.15, -0.1) is 0 Å². The zero-order valence-corrected chi connectivity index (χ0v) is 16.3. The van der Waals surface area contributed by atoms with Crippen molar-refractivity contribution in [3.8, 4) is 5.75 Å². The van der Waals surface area contributed by atoms with Crippen molar-refractivity contribution in [2.75, 3.05) is 6.61 Å². The van der Waals surface area contributed by atoms with Crippen molar-refractivity contribution < 1.29 is 39.9 Å². The Morgan fingerprint density at radius 2 is 1.90 bits per heavy atom. The molecule has 0 aromatic heterocycles. The maximum atomic E-state index is 13.3. The monoisotopic (exact) mass is 427 g/mol. The largest absolute Gasteiger partial charge is 0.508 e. The van der Waals surface area contributed by atoms with Crippen LogP contribution in [0.2, 0.25) is 0 Å². The first-order chi connectivity index (χ1) is 14.6. The summed E-state index contributed by atoms with van der Waals surface area (Å²) in [7, 11) is 0. The first-order valence-electron chi connectivity index (χ1n) is 9.72. The first-order valence-corrected chi connectivity index (χ1v) is 9.72. The van der Waals surface area contributed by atoms with Crippen molar-refractivity contribution in [1.29, 1.82) is 0 Å². The number of fused-ring (bicyclic) bond motifs is 3. The van der Waals surface area contributed by atoms with Crippen molar-refractivity contribution in [1.82, 2.24) is 0 Å². The van der Waals surface area contributed by atoms with E-state index in [0.717, 1.165) is 0 Å². The Kier molecular flexibility index (Phi) is 4.75. The molecular formula is C22H21NO8. The number of primary amides is 1. The molecule has 31 heavy (non-hydrogen) atoms. The van der Waals surface area contributed by atoms with Crippen LogP contribution in [-0.2, 0) is 20.8 Å². The smallest absolute Gasteiger partial charge is 0.255 e. The van der Waals surface area contributed by atoms with E-state index < -0.39 is 52.0 Å². The van der Waals surface area contributed by atoms with Gasteiger partial charge >= 0.3 is 0 Å². The Balaban J connectivity index is 1.92. The van der Waals surface area contributed by atoms with Crippen LogP contribution in [-0.4, -0.2) is 55.2 Å². The number of phenolic OH excluding ortho intramolecular Hbond substituents is 1. The molecule has 9 nitrogen and oxygen atoms in total. The van der Waals surface area contributed by atoms with Gasteiger partial charge in [0.25, 0.3) is 5.91 Å². The van der Waals surface area contributed by atoms with Crippen molar-refractivity contribution in [2.45, 2.75) is 24.9 Å². The highest BCUT2D eigenvalue weighted by atomic mass is 16.3. The van der Waals surface area contributed by atoms with Gasteiger partial charge in [-0.05, 0) is 36.0 Å². The van der Waals surface area contributed by atoms with Gasteiger partial charge in [-0.2, -0.15) is 0 Å². The Morgan fingerprint density at radius 1 is 1.19 bits per heavy atom. The van der Waals surface area contributed by atoms with Gasteiger partial charge < -0.3 is 31.3 Å². The summed E-state index contributed by atoms with van der Waals surface area (Å²) in [6, 6.07) is 2.94. The van der Waals surface area contributed by atoms with Gasteiger partial charge in [0.1, 0.15) is 22.8 Å². The molecule has 1 aromatic rings. The summed E-state index contributed by atoms with van der Waals surface area (Å²) in [6.07, 6.45) is 3.03. The standard InChI is InChI=1S/C22H21NO8/c23-21(30)17-14(26)8-11-6-10-7-12-9(2-1-5-24)3-4-13(25)16(12)18(27)15(10)19(28)22(11,31)20(17)29/h1-4,10-11,24-25,27,29,31H,5-8H2,(H2,23,30)/t10-,11+,22+/m1/s1.